The van der Waals surface area contributed by atoms with Gasteiger partial charge in [0.05, 0.1) is 11.2 Å². The van der Waals surface area contributed by atoms with Crippen molar-refractivity contribution in [1.82, 2.24) is 20.5 Å². The molecule has 2 fully saturated rings. The van der Waals surface area contributed by atoms with E-state index in [1.54, 1.807) is 12.1 Å². The summed E-state index contributed by atoms with van der Waals surface area (Å²) in [6.07, 6.45) is 3.10. The molecule has 1 saturated carbocycles. The zero-order chi connectivity index (χ0) is 25.4. The number of halogens is 1. The van der Waals surface area contributed by atoms with E-state index in [9.17, 15) is 9.90 Å². The van der Waals surface area contributed by atoms with E-state index in [-0.39, 0.29) is 51.9 Å². The minimum atomic E-state index is -0.385. The van der Waals surface area contributed by atoms with Crippen LogP contribution in [0.4, 0.5) is 5.82 Å². The van der Waals surface area contributed by atoms with E-state index in [0.29, 0.717) is 11.7 Å². The molecule has 0 spiro atoms. The summed E-state index contributed by atoms with van der Waals surface area (Å²) in [7, 11) is 0. The predicted molar refractivity (Wildman–Crippen MR) is 131 cm³/mol. The molecule has 0 aromatic carbocycles. The van der Waals surface area contributed by atoms with E-state index in [1.807, 2.05) is 39.8 Å². The van der Waals surface area contributed by atoms with Gasteiger partial charge in [-0.1, -0.05) is 39.3 Å². The summed E-state index contributed by atoms with van der Waals surface area (Å²) in [6, 6.07) is 6.88. The Morgan fingerprint density at radius 3 is 2.49 bits per heavy atom. The molecule has 1 aliphatic carbocycles. The first kappa shape index (κ1) is 25.1. The highest BCUT2D eigenvalue weighted by Gasteiger charge is 2.64. The summed E-state index contributed by atoms with van der Waals surface area (Å²) in [6.45, 7) is 10.0. The summed E-state index contributed by atoms with van der Waals surface area (Å²) >= 11 is 6.11. The van der Waals surface area contributed by atoms with Crippen molar-refractivity contribution in [2.75, 3.05) is 24.6 Å². The van der Waals surface area contributed by atoms with E-state index < -0.39 is 0 Å². The molecule has 35 heavy (non-hydrogen) atoms. The molecule has 3 heterocycles. The second-order valence-corrected chi connectivity index (χ2v) is 11.0. The van der Waals surface area contributed by atoms with Crippen molar-refractivity contribution in [2.45, 2.75) is 52.7 Å². The Hall–Kier alpha value is -2.96. The number of ether oxygens (including phenoxy) is 1. The summed E-state index contributed by atoms with van der Waals surface area (Å²) in [5.41, 5.74) is -0.357. The van der Waals surface area contributed by atoms with Crippen LogP contribution in [0.1, 0.15) is 56.7 Å². The summed E-state index contributed by atoms with van der Waals surface area (Å²) in [4.78, 5) is 19.2. The third-order valence-corrected chi connectivity index (χ3v) is 7.66. The number of amides is 1. The first-order valence-corrected chi connectivity index (χ1v) is 12.2. The fourth-order valence-electron chi connectivity index (χ4n) is 5.67. The zero-order valence-corrected chi connectivity index (χ0v) is 21.2. The summed E-state index contributed by atoms with van der Waals surface area (Å²) in [5.74, 6) is 1.28. The number of hydrogen-bond acceptors (Lipinski definition) is 8. The van der Waals surface area contributed by atoms with Gasteiger partial charge in [0, 0.05) is 42.6 Å². The molecule has 0 bridgehead atoms. The molecule has 1 saturated heterocycles. The van der Waals surface area contributed by atoms with Gasteiger partial charge in [0.2, 0.25) is 0 Å². The smallest absolute Gasteiger partial charge is 0.272 e. The van der Waals surface area contributed by atoms with Crippen molar-refractivity contribution in [3.8, 4) is 11.8 Å². The lowest BCUT2D eigenvalue weighted by Gasteiger charge is -2.63. The molecular weight excluding hydrogens is 468 g/mol. The maximum Gasteiger partial charge on any atom is 0.272 e. The van der Waals surface area contributed by atoms with Gasteiger partial charge in [0.25, 0.3) is 5.91 Å². The Kier molecular flexibility index (Phi) is 6.89. The van der Waals surface area contributed by atoms with Crippen molar-refractivity contribution in [3.05, 3.63) is 40.8 Å². The van der Waals surface area contributed by atoms with Gasteiger partial charge in [-0.05, 0) is 30.9 Å². The monoisotopic (exact) mass is 498 g/mol. The van der Waals surface area contributed by atoms with Crippen molar-refractivity contribution in [3.63, 3.8) is 0 Å². The van der Waals surface area contributed by atoms with Gasteiger partial charge in [-0.15, -0.1) is 10.2 Å². The fraction of sp³-hybridized carbons (Fsp3) is 0.560. The average molecular weight is 499 g/mol. The number of pyridine rings is 1. The number of rotatable bonds is 6. The van der Waals surface area contributed by atoms with Crippen molar-refractivity contribution in [1.29, 1.82) is 5.26 Å². The quantitative estimate of drug-likeness (QED) is 0.622. The Balaban J connectivity index is 1.40. The topological polar surface area (TPSA) is 124 Å². The van der Waals surface area contributed by atoms with Crippen LogP contribution in [-0.4, -0.2) is 58.0 Å². The van der Waals surface area contributed by atoms with E-state index in [0.717, 1.165) is 31.7 Å². The Morgan fingerprint density at radius 2 is 1.94 bits per heavy atom. The number of nitriles is 1. The number of carbonyl (C=O) groups excluding carboxylic acids is 1. The minimum Gasteiger partial charge on any atom is -0.487 e. The minimum absolute atomic E-state index is 0.151. The molecule has 2 aromatic heterocycles. The number of carbonyl (C=O) groups is 1. The van der Waals surface area contributed by atoms with Crippen LogP contribution in [0.25, 0.3) is 0 Å². The Bertz CT molecular complexity index is 1110. The lowest BCUT2D eigenvalue weighted by atomic mass is 9.49. The molecule has 1 aliphatic heterocycles. The van der Waals surface area contributed by atoms with Gasteiger partial charge >= 0.3 is 0 Å². The largest absolute Gasteiger partial charge is 0.487 e. The number of piperidine rings is 1. The molecule has 1 amide bonds. The number of nitrogens with zero attached hydrogens (tertiary/aromatic N) is 5. The Morgan fingerprint density at radius 1 is 1.26 bits per heavy atom. The van der Waals surface area contributed by atoms with Gasteiger partial charge in [0.15, 0.2) is 17.2 Å². The highest BCUT2D eigenvalue weighted by Crippen LogP contribution is 2.55. The number of aliphatic hydroxyl groups excluding tert-OH is 1. The van der Waals surface area contributed by atoms with Gasteiger partial charge in [-0.3, -0.25) is 4.79 Å². The Labute approximate surface area is 210 Å². The summed E-state index contributed by atoms with van der Waals surface area (Å²) in [5, 5.41) is 30.2. The normalized spacial score (nSPS) is 23.2. The molecular formula is C25H31ClN6O3. The number of aliphatic hydroxyl groups is 1. The van der Waals surface area contributed by atoms with Crippen LogP contribution < -0.4 is 15.0 Å². The fourth-order valence-corrected chi connectivity index (χ4v) is 5.87. The van der Waals surface area contributed by atoms with E-state index in [2.05, 4.69) is 25.4 Å². The third kappa shape index (κ3) is 4.78. The number of hydrogen-bond donors (Lipinski definition) is 2. The maximum atomic E-state index is 13.0. The van der Waals surface area contributed by atoms with Crippen LogP contribution in [0.5, 0.6) is 5.75 Å². The van der Waals surface area contributed by atoms with Crippen molar-refractivity contribution in [2.24, 2.45) is 16.7 Å². The van der Waals surface area contributed by atoms with Gasteiger partial charge in [-0.25, -0.2) is 4.98 Å². The van der Waals surface area contributed by atoms with Crippen LogP contribution >= 0.6 is 11.6 Å². The van der Waals surface area contributed by atoms with Crippen LogP contribution in [0.15, 0.2) is 24.4 Å². The van der Waals surface area contributed by atoms with Gasteiger partial charge in [-0.2, -0.15) is 5.26 Å². The molecule has 0 radical (unpaired) electrons. The van der Waals surface area contributed by atoms with Crippen LogP contribution in [0, 0.1) is 28.1 Å². The zero-order valence-electron chi connectivity index (χ0n) is 20.5. The molecule has 186 valence electrons. The van der Waals surface area contributed by atoms with E-state index >= 15 is 0 Å². The van der Waals surface area contributed by atoms with Crippen molar-refractivity contribution >= 4 is 23.3 Å². The second-order valence-electron chi connectivity index (χ2n) is 10.6. The van der Waals surface area contributed by atoms with E-state index in [4.69, 9.17) is 21.6 Å². The highest BCUT2D eigenvalue weighted by atomic mass is 35.5. The van der Waals surface area contributed by atoms with Crippen LogP contribution in [0.2, 0.25) is 5.02 Å². The maximum absolute atomic E-state index is 13.0. The van der Waals surface area contributed by atoms with Gasteiger partial charge < -0.3 is 20.1 Å². The van der Waals surface area contributed by atoms with Crippen LogP contribution in [-0.2, 0) is 0 Å². The standard InChI is InChI=1S/C25H31ClN6O3/c1-24(2)22(25(3,4)23(24)35-16-11-17(26)19(12-27)28-13-16)29-21(34)18-5-6-20(31-30-18)32-9-7-15(14-33)8-10-32/h5-6,11,13,15,22-23,33H,7-10,14H2,1-4H3,(H,29,34)/t22-,23-. The first-order chi connectivity index (χ1) is 16.6. The number of nitrogens with one attached hydrogen (secondary N) is 1. The predicted octanol–water partition coefficient (Wildman–Crippen LogP) is 3.22. The van der Waals surface area contributed by atoms with E-state index in [1.165, 1.54) is 6.20 Å². The van der Waals surface area contributed by atoms with Crippen molar-refractivity contribution < 1.29 is 14.6 Å². The molecule has 2 aromatic rings. The molecule has 0 unspecified atom stereocenters. The molecule has 9 nitrogen and oxygen atoms in total. The SMILES string of the molecule is CC1(C)[C@H](NC(=O)c2ccc(N3CCC(CO)CC3)nn2)C(C)(C)[C@H]1Oc1cnc(C#N)c(Cl)c1. The molecule has 2 N–H and O–H groups in total. The average Bonchev–Trinajstić information content (AvgIpc) is 2.85. The summed E-state index contributed by atoms with van der Waals surface area (Å²) < 4.78 is 6.22. The lowest BCUT2D eigenvalue weighted by molar-refractivity contribution is -0.164. The highest BCUT2D eigenvalue weighted by molar-refractivity contribution is 6.31. The second kappa shape index (κ2) is 9.59. The number of aromatic nitrogens is 3. The number of anilines is 1. The first-order valence-electron chi connectivity index (χ1n) is 11.8. The third-order valence-electron chi connectivity index (χ3n) is 7.37. The van der Waals surface area contributed by atoms with Crippen LogP contribution in [0.3, 0.4) is 0 Å². The van der Waals surface area contributed by atoms with Gasteiger partial charge in [0.1, 0.15) is 17.9 Å². The molecule has 2 aliphatic rings. The molecule has 0 atom stereocenters. The lowest BCUT2D eigenvalue weighted by Crippen LogP contribution is -2.74. The molecule has 10 heteroatoms. The molecule has 4 rings (SSSR count).